The lowest BCUT2D eigenvalue weighted by Gasteiger charge is -2.31. The molecular formula is C17H22N2O3. The third kappa shape index (κ3) is 2.93. The van der Waals surface area contributed by atoms with Crippen LogP contribution >= 0.6 is 0 Å². The van der Waals surface area contributed by atoms with Gasteiger partial charge in [-0.05, 0) is 38.8 Å². The monoisotopic (exact) mass is 302 g/mol. The number of amides is 2. The molecule has 1 saturated carbocycles. The van der Waals surface area contributed by atoms with E-state index in [1.165, 1.54) is 6.42 Å². The molecule has 5 heteroatoms. The van der Waals surface area contributed by atoms with Crippen LogP contribution in [0.1, 0.15) is 46.0 Å². The summed E-state index contributed by atoms with van der Waals surface area (Å²) < 4.78 is 5.74. The molecule has 2 aliphatic rings. The van der Waals surface area contributed by atoms with E-state index in [0.717, 1.165) is 25.7 Å². The van der Waals surface area contributed by atoms with Crippen molar-refractivity contribution in [2.24, 2.45) is 5.92 Å². The summed E-state index contributed by atoms with van der Waals surface area (Å²) in [5.74, 6) is 0.616. The molecule has 3 rings (SSSR count). The Kier molecular flexibility index (Phi) is 3.81. The lowest BCUT2D eigenvalue weighted by Crippen LogP contribution is -2.45. The van der Waals surface area contributed by atoms with Gasteiger partial charge in [0, 0.05) is 17.7 Å². The Bertz CT molecular complexity index is 604. The molecule has 2 N–H and O–H groups in total. The molecule has 1 aliphatic heterocycles. The Morgan fingerprint density at radius 3 is 2.73 bits per heavy atom. The van der Waals surface area contributed by atoms with Crippen LogP contribution in [-0.2, 0) is 9.59 Å². The average molecular weight is 302 g/mol. The zero-order chi connectivity index (χ0) is 15.7. The van der Waals surface area contributed by atoms with Crippen LogP contribution in [0.25, 0.3) is 0 Å². The fraction of sp³-hybridized carbons (Fsp3) is 0.529. The van der Waals surface area contributed by atoms with Crippen molar-refractivity contribution >= 4 is 23.2 Å². The minimum absolute atomic E-state index is 0.0822. The zero-order valence-electron chi connectivity index (χ0n) is 13.1. The molecule has 1 aromatic rings. The van der Waals surface area contributed by atoms with Crippen LogP contribution in [0.15, 0.2) is 18.2 Å². The first-order chi connectivity index (χ1) is 10.5. The van der Waals surface area contributed by atoms with Gasteiger partial charge in [-0.2, -0.15) is 0 Å². The number of carbonyl (C=O) groups excluding carboxylic acids is 2. The van der Waals surface area contributed by atoms with E-state index in [1.807, 2.05) is 0 Å². The van der Waals surface area contributed by atoms with E-state index in [4.69, 9.17) is 4.74 Å². The summed E-state index contributed by atoms with van der Waals surface area (Å²) >= 11 is 0. The van der Waals surface area contributed by atoms with Crippen molar-refractivity contribution in [3.05, 3.63) is 18.2 Å². The van der Waals surface area contributed by atoms with E-state index in [9.17, 15) is 9.59 Å². The second-order valence-electron chi connectivity index (χ2n) is 6.60. The molecule has 0 saturated heterocycles. The Morgan fingerprint density at radius 2 is 2.00 bits per heavy atom. The molecule has 0 atom stereocenters. The number of ether oxygens (including phenoxy) is 1. The molecule has 1 fully saturated rings. The maximum absolute atomic E-state index is 12.3. The molecule has 5 nitrogen and oxygen atoms in total. The highest BCUT2D eigenvalue weighted by Crippen LogP contribution is 2.36. The van der Waals surface area contributed by atoms with Gasteiger partial charge in [-0.25, -0.2) is 0 Å². The third-order valence-electron chi connectivity index (χ3n) is 4.39. The number of hydrogen-bond acceptors (Lipinski definition) is 3. The number of benzene rings is 1. The van der Waals surface area contributed by atoms with Crippen LogP contribution in [0.5, 0.6) is 5.75 Å². The van der Waals surface area contributed by atoms with Gasteiger partial charge in [-0.15, -0.1) is 0 Å². The Balaban J connectivity index is 1.73. The Hall–Kier alpha value is -2.04. The summed E-state index contributed by atoms with van der Waals surface area (Å²) in [4.78, 5) is 24.1. The van der Waals surface area contributed by atoms with E-state index in [1.54, 1.807) is 32.0 Å². The first-order valence-corrected chi connectivity index (χ1v) is 7.91. The summed E-state index contributed by atoms with van der Waals surface area (Å²) in [7, 11) is 0. The number of fused-ring (bicyclic) bond motifs is 1. The quantitative estimate of drug-likeness (QED) is 0.880. The zero-order valence-corrected chi connectivity index (χ0v) is 13.1. The van der Waals surface area contributed by atoms with Crippen molar-refractivity contribution in [3.8, 4) is 5.75 Å². The highest BCUT2D eigenvalue weighted by molar-refractivity contribution is 6.01. The van der Waals surface area contributed by atoms with Gasteiger partial charge in [-0.3, -0.25) is 9.59 Å². The maximum Gasteiger partial charge on any atom is 0.268 e. The van der Waals surface area contributed by atoms with Crippen LogP contribution in [0, 0.1) is 5.92 Å². The number of anilines is 2. The maximum atomic E-state index is 12.3. The lowest BCUT2D eigenvalue weighted by molar-refractivity contribution is -0.129. The van der Waals surface area contributed by atoms with Gasteiger partial charge >= 0.3 is 0 Å². The molecule has 22 heavy (non-hydrogen) atoms. The largest absolute Gasteiger partial charge is 0.476 e. The second kappa shape index (κ2) is 5.63. The van der Waals surface area contributed by atoms with Crippen molar-refractivity contribution in [1.82, 2.24) is 0 Å². The summed E-state index contributed by atoms with van der Waals surface area (Å²) in [6.45, 7) is 3.44. The van der Waals surface area contributed by atoms with Gasteiger partial charge in [0.1, 0.15) is 5.75 Å². The topological polar surface area (TPSA) is 67.4 Å². The molecule has 118 valence electrons. The standard InChI is InChI=1S/C17H22N2O3/c1-17(2)16(21)19-13-9-8-12(10-14(13)22-17)18-15(20)11-6-4-3-5-7-11/h8-11H,3-7H2,1-2H3,(H,18,20)(H,19,21). The highest BCUT2D eigenvalue weighted by Gasteiger charge is 2.35. The summed E-state index contributed by atoms with van der Waals surface area (Å²) in [5.41, 5.74) is 0.445. The highest BCUT2D eigenvalue weighted by atomic mass is 16.5. The number of rotatable bonds is 2. The minimum atomic E-state index is -0.904. The van der Waals surface area contributed by atoms with Crippen molar-refractivity contribution in [3.63, 3.8) is 0 Å². The fourth-order valence-electron chi connectivity index (χ4n) is 2.99. The van der Waals surface area contributed by atoms with Crippen molar-refractivity contribution in [2.45, 2.75) is 51.6 Å². The van der Waals surface area contributed by atoms with Gasteiger partial charge in [0.2, 0.25) is 5.91 Å². The molecule has 0 unspecified atom stereocenters. The molecule has 0 aromatic heterocycles. The third-order valence-corrected chi connectivity index (χ3v) is 4.39. The average Bonchev–Trinajstić information content (AvgIpc) is 2.49. The van der Waals surface area contributed by atoms with Crippen LogP contribution in [0.4, 0.5) is 11.4 Å². The molecule has 1 heterocycles. The van der Waals surface area contributed by atoms with E-state index in [2.05, 4.69) is 10.6 Å². The van der Waals surface area contributed by atoms with E-state index < -0.39 is 5.60 Å². The molecule has 0 bridgehead atoms. The van der Waals surface area contributed by atoms with Crippen molar-refractivity contribution < 1.29 is 14.3 Å². The minimum Gasteiger partial charge on any atom is -0.476 e. The number of carbonyl (C=O) groups is 2. The first kappa shape index (κ1) is 14.9. The first-order valence-electron chi connectivity index (χ1n) is 7.91. The SMILES string of the molecule is CC1(C)Oc2cc(NC(=O)C3CCCCC3)ccc2NC1=O. The lowest BCUT2D eigenvalue weighted by atomic mass is 9.88. The number of nitrogens with one attached hydrogen (secondary N) is 2. The van der Waals surface area contributed by atoms with Gasteiger partial charge in [0.25, 0.3) is 5.91 Å². The van der Waals surface area contributed by atoms with Crippen LogP contribution in [0.2, 0.25) is 0 Å². The predicted molar refractivity (Wildman–Crippen MR) is 85.0 cm³/mol. The molecule has 0 spiro atoms. The van der Waals surface area contributed by atoms with Crippen molar-refractivity contribution in [1.29, 1.82) is 0 Å². The van der Waals surface area contributed by atoms with E-state index in [-0.39, 0.29) is 17.7 Å². The fourth-order valence-corrected chi connectivity index (χ4v) is 2.99. The van der Waals surface area contributed by atoms with Gasteiger partial charge in [0.15, 0.2) is 5.60 Å². The smallest absolute Gasteiger partial charge is 0.268 e. The number of hydrogen-bond donors (Lipinski definition) is 2. The van der Waals surface area contributed by atoms with Crippen LogP contribution in [0.3, 0.4) is 0 Å². The molecular weight excluding hydrogens is 280 g/mol. The summed E-state index contributed by atoms with van der Waals surface area (Å²) in [5, 5.41) is 5.79. The normalized spacial score (nSPS) is 20.5. The van der Waals surface area contributed by atoms with Gasteiger partial charge in [-0.1, -0.05) is 19.3 Å². The summed E-state index contributed by atoms with van der Waals surface area (Å²) in [6, 6.07) is 5.33. The molecule has 2 amide bonds. The predicted octanol–water partition coefficient (Wildman–Crippen LogP) is 3.31. The van der Waals surface area contributed by atoms with Crippen LogP contribution < -0.4 is 15.4 Å². The second-order valence-corrected chi connectivity index (χ2v) is 6.60. The van der Waals surface area contributed by atoms with Crippen LogP contribution in [-0.4, -0.2) is 17.4 Å². The molecule has 1 aliphatic carbocycles. The van der Waals surface area contributed by atoms with Gasteiger partial charge < -0.3 is 15.4 Å². The van der Waals surface area contributed by atoms with E-state index >= 15 is 0 Å². The van der Waals surface area contributed by atoms with Gasteiger partial charge in [0.05, 0.1) is 5.69 Å². The summed E-state index contributed by atoms with van der Waals surface area (Å²) in [6.07, 6.45) is 5.43. The Morgan fingerprint density at radius 1 is 1.27 bits per heavy atom. The van der Waals surface area contributed by atoms with Crippen molar-refractivity contribution in [2.75, 3.05) is 10.6 Å². The molecule has 1 aromatic carbocycles. The molecule has 0 radical (unpaired) electrons. The van der Waals surface area contributed by atoms with E-state index in [0.29, 0.717) is 17.1 Å². The Labute approximate surface area is 130 Å².